The largest absolute Gasteiger partial charge is 0.376 e. The van der Waals surface area contributed by atoms with Crippen LogP contribution in [0.2, 0.25) is 0 Å². The molecule has 0 aliphatic carbocycles. The van der Waals surface area contributed by atoms with Gasteiger partial charge in [0.05, 0.1) is 17.1 Å². The van der Waals surface area contributed by atoms with E-state index in [9.17, 15) is 0 Å². The Morgan fingerprint density at radius 2 is 2.15 bits per heavy atom. The lowest BCUT2D eigenvalue weighted by atomic mass is 10.2. The van der Waals surface area contributed by atoms with Gasteiger partial charge in [-0.15, -0.1) is 0 Å². The molecule has 1 unspecified atom stereocenters. The third kappa shape index (κ3) is 2.52. The fourth-order valence-corrected chi connectivity index (χ4v) is 2.79. The molecule has 20 heavy (non-hydrogen) atoms. The second-order valence-electron chi connectivity index (χ2n) is 6.04. The second-order valence-corrected chi connectivity index (χ2v) is 6.04. The molecule has 1 aliphatic heterocycles. The Kier molecular flexibility index (Phi) is 3.66. The van der Waals surface area contributed by atoms with Crippen molar-refractivity contribution in [2.75, 3.05) is 24.6 Å². The summed E-state index contributed by atoms with van der Waals surface area (Å²) in [6.45, 7) is 7.21. The highest BCUT2D eigenvalue weighted by atomic mass is 16.5. The van der Waals surface area contributed by atoms with E-state index < -0.39 is 0 Å². The number of benzene rings is 1. The van der Waals surface area contributed by atoms with Crippen LogP contribution in [0, 0.1) is 5.92 Å². The van der Waals surface area contributed by atoms with Gasteiger partial charge < -0.3 is 14.2 Å². The number of anilines is 1. The molecule has 1 aromatic heterocycles. The van der Waals surface area contributed by atoms with Crippen molar-refractivity contribution >= 4 is 17.0 Å². The molecule has 1 saturated heterocycles. The normalized spacial score (nSPS) is 19.4. The predicted octanol–water partition coefficient (Wildman–Crippen LogP) is 2.82. The third-order valence-electron chi connectivity index (χ3n) is 3.86. The summed E-state index contributed by atoms with van der Waals surface area (Å²) in [5.74, 6) is 1.65. The molecule has 108 valence electrons. The summed E-state index contributed by atoms with van der Waals surface area (Å²) in [5.41, 5.74) is 2.26. The first-order valence-electron chi connectivity index (χ1n) is 7.43. The van der Waals surface area contributed by atoms with Crippen LogP contribution < -0.4 is 4.90 Å². The molecule has 0 N–H and O–H groups in total. The van der Waals surface area contributed by atoms with Crippen molar-refractivity contribution < 1.29 is 4.74 Å². The van der Waals surface area contributed by atoms with Gasteiger partial charge in [-0.25, -0.2) is 4.98 Å². The number of imidazole rings is 1. The zero-order valence-electron chi connectivity index (χ0n) is 12.5. The zero-order valence-corrected chi connectivity index (χ0v) is 12.5. The molecule has 1 atom stereocenters. The summed E-state index contributed by atoms with van der Waals surface area (Å²) < 4.78 is 8.13. The van der Waals surface area contributed by atoms with Gasteiger partial charge in [-0.3, -0.25) is 0 Å². The smallest absolute Gasteiger partial charge is 0.206 e. The number of hydrogen-bond acceptors (Lipinski definition) is 3. The first-order valence-corrected chi connectivity index (χ1v) is 7.43. The lowest BCUT2D eigenvalue weighted by Gasteiger charge is -2.18. The summed E-state index contributed by atoms with van der Waals surface area (Å²) in [4.78, 5) is 7.10. The van der Waals surface area contributed by atoms with Gasteiger partial charge in [0.15, 0.2) is 0 Å². The monoisotopic (exact) mass is 273 g/mol. The van der Waals surface area contributed by atoms with E-state index >= 15 is 0 Å². The van der Waals surface area contributed by atoms with Gasteiger partial charge >= 0.3 is 0 Å². The average Bonchev–Trinajstić information content (AvgIpc) is 3.02. The molecule has 0 amide bonds. The van der Waals surface area contributed by atoms with Crippen LogP contribution in [0.3, 0.4) is 0 Å². The SMILES string of the molecule is CC(C)COC1CCN(c2nc3ccccc3n2C)C1. The Hall–Kier alpha value is -1.55. The number of hydrogen-bond donors (Lipinski definition) is 0. The van der Waals surface area contributed by atoms with Crippen LogP contribution in [0.25, 0.3) is 11.0 Å². The molecule has 2 aromatic rings. The molecule has 0 saturated carbocycles. The maximum atomic E-state index is 5.95. The quantitative estimate of drug-likeness (QED) is 0.858. The summed E-state index contributed by atoms with van der Waals surface area (Å²) in [7, 11) is 2.09. The van der Waals surface area contributed by atoms with E-state index in [1.165, 1.54) is 5.52 Å². The summed E-state index contributed by atoms with van der Waals surface area (Å²) >= 11 is 0. The molecule has 3 rings (SSSR count). The molecular weight excluding hydrogens is 250 g/mol. The highest BCUT2D eigenvalue weighted by molar-refractivity contribution is 5.78. The van der Waals surface area contributed by atoms with Crippen molar-refractivity contribution in [3.63, 3.8) is 0 Å². The van der Waals surface area contributed by atoms with E-state index in [-0.39, 0.29) is 0 Å². The number of aromatic nitrogens is 2. The Morgan fingerprint density at radius 3 is 2.90 bits per heavy atom. The second kappa shape index (κ2) is 5.44. The number of rotatable bonds is 4. The van der Waals surface area contributed by atoms with Gasteiger partial charge in [-0.1, -0.05) is 26.0 Å². The molecule has 4 nitrogen and oxygen atoms in total. The van der Waals surface area contributed by atoms with E-state index in [2.05, 4.69) is 48.6 Å². The Balaban J connectivity index is 1.74. The van der Waals surface area contributed by atoms with Crippen molar-refractivity contribution in [1.29, 1.82) is 0 Å². The van der Waals surface area contributed by atoms with Crippen LogP contribution in [0.5, 0.6) is 0 Å². The minimum absolute atomic E-state index is 0.345. The highest BCUT2D eigenvalue weighted by Crippen LogP contribution is 2.25. The van der Waals surface area contributed by atoms with E-state index in [4.69, 9.17) is 9.72 Å². The standard InChI is InChI=1S/C16H23N3O/c1-12(2)11-20-13-8-9-19(10-13)16-17-14-6-4-5-7-15(14)18(16)3/h4-7,12-13H,8-11H2,1-3H3. The van der Waals surface area contributed by atoms with E-state index in [1.54, 1.807) is 0 Å². The van der Waals surface area contributed by atoms with Gasteiger partial charge in [0.25, 0.3) is 0 Å². The van der Waals surface area contributed by atoms with Crippen molar-refractivity contribution in [3.05, 3.63) is 24.3 Å². The number of aryl methyl sites for hydroxylation is 1. The molecular formula is C16H23N3O. The predicted molar refractivity (Wildman–Crippen MR) is 82.1 cm³/mol. The van der Waals surface area contributed by atoms with Crippen LogP contribution in [-0.4, -0.2) is 35.4 Å². The molecule has 0 bridgehead atoms. The first kappa shape index (κ1) is 13.4. The van der Waals surface area contributed by atoms with Gasteiger partial charge in [-0.2, -0.15) is 0 Å². The number of nitrogens with zero attached hydrogens (tertiary/aromatic N) is 3. The lowest BCUT2D eigenvalue weighted by molar-refractivity contribution is 0.0496. The van der Waals surface area contributed by atoms with Crippen LogP contribution in [0.15, 0.2) is 24.3 Å². The highest BCUT2D eigenvalue weighted by Gasteiger charge is 2.26. The minimum atomic E-state index is 0.345. The number of fused-ring (bicyclic) bond motifs is 1. The fourth-order valence-electron chi connectivity index (χ4n) is 2.79. The van der Waals surface area contributed by atoms with Gasteiger partial charge in [0, 0.05) is 26.7 Å². The zero-order chi connectivity index (χ0) is 14.1. The third-order valence-corrected chi connectivity index (χ3v) is 3.86. The lowest BCUT2D eigenvalue weighted by Crippen LogP contribution is -2.26. The maximum Gasteiger partial charge on any atom is 0.206 e. The Labute approximate surface area is 120 Å². The maximum absolute atomic E-state index is 5.95. The molecule has 1 fully saturated rings. The summed E-state index contributed by atoms with van der Waals surface area (Å²) in [6, 6.07) is 8.29. The Morgan fingerprint density at radius 1 is 1.35 bits per heavy atom. The topological polar surface area (TPSA) is 30.3 Å². The number of ether oxygens (including phenoxy) is 1. The summed E-state index contributed by atoms with van der Waals surface area (Å²) in [5, 5.41) is 0. The van der Waals surface area contributed by atoms with Gasteiger partial charge in [-0.05, 0) is 24.5 Å². The van der Waals surface area contributed by atoms with Crippen molar-refractivity contribution in [2.45, 2.75) is 26.4 Å². The molecule has 0 radical (unpaired) electrons. The van der Waals surface area contributed by atoms with Crippen LogP contribution in [0.4, 0.5) is 5.95 Å². The van der Waals surface area contributed by atoms with Crippen molar-refractivity contribution in [3.8, 4) is 0 Å². The number of para-hydroxylation sites is 2. The average molecular weight is 273 g/mol. The van der Waals surface area contributed by atoms with Crippen molar-refractivity contribution in [2.24, 2.45) is 13.0 Å². The molecule has 2 heterocycles. The van der Waals surface area contributed by atoms with E-state index in [0.29, 0.717) is 12.0 Å². The molecule has 4 heteroatoms. The van der Waals surface area contributed by atoms with E-state index in [0.717, 1.165) is 37.6 Å². The molecule has 1 aliphatic rings. The summed E-state index contributed by atoms with van der Waals surface area (Å²) in [6.07, 6.45) is 1.44. The van der Waals surface area contributed by atoms with Gasteiger partial charge in [0.1, 0.15) is 0 Å². The fraction of sp³-hybridized carbons (Fsp3) is 0.562. The van der Waals surface area contributed by atoms with Gasteiger partial charge in [0.2, 0.25) is 5.95 Å². The first-order chi connectivity index (χ1) is 9.65. The van der Waals surface area contributed by atoms with Crippen LogP contribution in [0.1, 0.15) is 20.3 Å². The minimum Gasteiger partial charge on any atom is -0.376 e. The molecule has 0 spiro atoms. The van der Waals surface area contributed by atoms with Crippen LogP contribution in [-0.2, 0) is 11.8 Å². The van der Waals surface area contributed by atoms with Crippen molar-refractivity contribution in [1.82, 2.24) is 9.55 Å². The van der Waals surface area contributed by atoms with Crippen LogP contribution >= 0.6 is 0 Å². The Bertz CT molecular complexity index is 590. The molecule has 1 aromatic carbocycles. The van der Waals surface area contributed by atoms with E-state index in [1.807, 2.05) is 6.07 Å².